The molecule has 1 amide bonds. The molecule has 0 saturated carbocycles. The highest BCUT2D eigenvalue weighted by Crippen LogP contribution is 2.17. The summed E-state index contributed by atoms with van der Waals surface area (Å²) in [6, 6.07) is 15.8. The van der Waals surface area contributed by atoms with Crippen LogP contribution in [0.25, 0.3) is 10.9 Å². The van der Waals surface area contributed by atoms with Gasteiger partial charge in [-0.05, 0) is 23.6 Å². The van der Waals surface area contributed by atoms with E-state index in [4.69, 9.17) is 0 Å². The molecule has 0 bridgehead atoms. The summed E-state index contributed by atoms with van der Waals surface area (Å²) in [5, 5.41) is 4.91. The third kappa shape index (κ3) is 2.91. The van der Waals surface area contributed by atoms with Crippen molar-refractivity contribution < 1.29 is 4.79 Å². The maximum absolute atomic E-state index is 12.2. The minimum Gasteiger partial charge on any atom is -0.360 e. The SMILES string of the molecule is CCc1ccc(C=NNC(=O)c2c[nH]c3ccccc23)cc1. The molecule has 0 atom stereocenters. The summed E-state index contributed by atoms with van der Waals surface area (Å²) >= 11 is 0. The molecule has 3 aromatic rings. The van der Waals surface area contributed by atoms with Crippen LogP contribution in [0, 0.1) is 0 Å². The van der Waals surface area contributed by atoms with E-state index >= 15 is 0 Å². The van der Waals surface area contributed by atoms with Crippen molar-refractivity contribution in [2.45, 2.75) is 13.3 Å². The quantitative estimate of drug-likeness (QED) is 0.561. The van der Waals surface area contributed by atoms with Crippen LogP contribution in [-0.2, 0) is 6.42 Å². The summed E-state index contributed by atoms with van der Waals surface area (Å²) in [6.45, 7) is 2.12. The van der Waals surface area contributed by atoms with Crippen LogP contribution in [0.1, 0.15) is 28.4 Å². The first-order valence-electron chi connectivity index (χ1n) is 7.26. The van der Waals surface area contributed by atoms with Crippen molar-refractivity contribution in [2.24, 2.45) is 5.10 Å². The molecular weight excluding hydrogens is 274 g/mol. The van der Waals surface area contributed by atoms with Crippen molar-refractivity contribution in [3.05, 3.63) is 71.4 Å². The number of benzene rings is 2. The number of nitrogens with zero attached hydrogens (tertiary/aromatic N) is 1. The summed E-state index contributed by atoms with van der Waals surface area (Å²) in [4.78, 5) is 15.2. The zero-order valence-electron chi connectivity index (χ0n) is 12.3. The van der Waals surface area contributed by atoms with E-state index in [9.17, 15) is 4.79 Å². The number of nitrogens with one attached hydrogen (secondary N) is 2. The van der Waals surface area contributed by atoms with Crippen molar-refractivity contribution >= 4 is 23.0 Å². The lowest BCUT2D eigenvalue weighted by Crippen LogP contribution is -2.17. The van der Waals surface area contributed by atoms with Gasteiger partial charge < -0.3 is 4.98 Å². The van der Waals surface area contributed by atoms with Crippen molar-refractivity contribution in [2.75, 3.05) is 0 Å². The fourth-order valence-electron chi connectivity index (χ4n) is 2.32. The Kier molecular flexibility index (Phi) is 4.01. The number of hydrogen-bond donors (Lipinski definition) is 2. The molecule has 0 saturated heterocycles. The number of carbonyl (C=O) groups is 1. The molecule has 0 radical (unpaired) electrons. The molecule has 0 aliphatic carbocycles. The van der Waals surface area contributed by atoms with Crippen molar-refractivity contribution in [1.29, 1.82) is 0 Å². The van der Waals surface area contributed by atoms with E-state index in [0.29, 0.717) is 5.56 Å². The van der Waals surface area contributed by atoms with Gasteiger partial charge in [-0.25, -0.2) is 5.43 Å². The lowest BCUT2D eigenvalue weighted by Gasteiger charge is -1.99. The number of rotatable bonds is 4. The smallest absolute Gasteiger partial charge is 0.273 e. The van der Waals surface area contributed by atoms with Gasteiger partial charge in [0, 0.05) is 17.1 Å². The zero-order chi connectivity index (χ0) is 15.4. The molecule has 1 aromatic heterocycles. The van der Waals surface area contributed by atoms with Crippen LogP contribution >= 0.6 is 0 Å². The highest BCUT2D eigenvalue weighted by atomic mass is 16.2. The van der Waals surface area contributed by atoms with Crippen LogP contribution in [0.5, 0.6) is 0 Å². The maximum Gasteiger partial charge on any atom is 0.273 e. The van der Waals surface area contributed by atoms with E-state index < -0.39 is 0 Å². The van der Waals surface area contributed by atoms with Gasteiger partial charge in [0.05, 0.1) is 11.8 Å². The van der Waals surface area contributed by atoms with Crippen LogP contribution < -0.4 is 5.43 Å². The van der Waals surface area contributed by atoms with Gasteiger partial charge in [-0.15, -0.1) is 0 Å². The molecule has 4 nitrogen and oxygen atoms in total. The number of hydrazone groups is 1. The number of para-hydroxylation sites is 1. The van der Waals surface area contributed by atoms with Crippen LogP contribution in [0.15, 0.2) is 59.8 Å². The summed E-state index contributed by atoms with van der Waals surface area (Å²) in [5.41, 5.74) is 6.33. The maximum atomic E-state index is 12.2. The molecule has 3 rings (SSSR count). The predicted molar refractivity (Wildman–Crippen MR) is 89.2 cm³/mol. The van der Waals surface area contributed by atoms with E-state index in [1.165, 1.54) is 5.56 Å². The first-order valence-corrected chi connectivity index (χ1v) is 7.26. The second-order valence-electron chi connectivity index (χ2n) is 5.04. The Balaban J connectivity index is 1.70. The topological polar surface area (TPSA) is 57.2 Å². The van der Waals surface area contributed by atoms with E-state index in [2.05, 4.69) is 34.6 Å². The molecule has 0 unspecified atom stereocenters. The molecule has 22 heavy (non-hydrogen) atoms. The number of aromatic nitrogens is 1. The average Bonchev–Trinajstić information content (AvgIpc) is 2.99. The van der Waals surface area contributed by atoms with E-state index in [1.54, 1.807) is 12.4 Å². The summed E-state index contributed by atoms with van der Waals surface area (Å²) < 4.78 is 0. The number of hydrogen-bond acceptors (Lipinski definition) is 2. The minimum atomic E-state index is -0.223. The lowest BCUT2D eigenvalue weighted by atomic mass is 10.1. The number of aromatic amines is 1. The molecule has 2 N–H and O–H groups in total. The molecule has 0 spiro atoms. The normalized spacial score (nSPS) is 11.1. The van der Waals surface area contributed by atoms with Gasteiger partial charge in [-0.1, -0.05) is 49.4 Å². The van der Waals surface area contributed by atoms with Crippen molar-refractivity contribution in [3.63, 3.8) is 0 Å². The Bertz CT molecular complexity index is 816. The lowest BCUT2D eigenvalue weighted by molar-refractivity contribution is 0.0957. The van der Waals surface area contributed by atoms with Gasteiger partial charge in [-0.2, -0.15) is 5.10 Å². The molecule has 0 aliphatic rings. The summed E-state index contributed by atoms with van der Waals surface area (Å²) in [7, 11) is 0. The number of fused-ring (bicyclic) bond motifs is 1. The zero-order valence-corrected chi connectivity index (χ0v) is 12.3. The Morgan fingerprint density at radius 2 is 1.95 bits per heavy atom. The summed E-state index contributed by atoms with van der Waals surface area (Å²) in [6.07, 6.45) is 4.35. The number of H-pyrrole nitrogens is 1. The predicted octanol–water partition coefficient (Wildman–Crippen LogP) is 3.49. The van der Waals surface area contributed by atoms with Crippen LogP contribution in [0.3, 0.4) is 0 Å². The molecular formula is C18H17N3O. The van der Waals surface area contributed by atoms with Crippen LogP contribution in [-0.4, -0.2) is 17.1 Å². The Labute approximate surface area is 128 Å². The fourth-order valence-corrected chi connectivity index (χ4v) is 2.32. The molecule has 1 heterocycles. The Morgan fingerprint density at radius 1 is 1.18 bits per heavy atom. The van der Waals surface area contributed by atoms with E-state index in [1.807, 2.05) is 36.4 Å². The van der Waals surface area contributed by atoms with Gasteiger partial charge in [0.15, 0.2) is 0 Å². The molecule has 110 valence electrons. The highest BCUT2D eigenvalue weighted by Gasteiger charge is 2.10. The first-order chi connectivity index (χ1) is 10.8. The Hall–Kier alpha value is -2.88. The first kappa shape index (κ1) is 14.1. The van der Waals surface area contributed by atoms with Gasteiger partial charge in [0.1, 0.15) is 0 Å². The van der Waals surface area contributed by atoms with Crippen LogP contribution in [0.2, 0.25) is 0 Å². The van der Waals surface area contributed by atoms with Gasteiger partial charge in [0.2, 0.25) is 0 Å². The van der Waals surface area contributed by atoms with Gasteiger partial charge in [0.25, 0.3) is 5.91 Å². The number of aryl methyl sites for hydroxylation is 1. The second kappa shape index (κ2) is 6.26. The fraction of sp³-hybridized carbons (Fsp3) is 0.111. The number of carbonyl (C=O) groups excluding carboxylic acids is 1. The van der Waals surface area contributed by atoms with Crippen LogP contribution in [0.4, 0.5) is 0 Å². The van der Waals surface area contributed by atoms with Gasteiger partial charge >= 0.3 is 0 Å². The molecule has 4 heteroatoms. The average molecular weight is 291 g/mol. The van der Waals surface area contributed by atoms with E-state index in [-0.39, 0.29) is 5.91 Å². The largest absolute Gasteiger partial charge is 0.360 e. The highest BCUT2D eigenvalue weighted by molar-refractivity contribution is 6.06. The molecule has 0 aliphatic heterocycles. The third-order valence-corrected chi connectivity index (χ3v) is 3.60. The van der Waals surface area contributed by atoms with Crippen molar-refractivity contribution in [1.82, 2.24) is 10.4 Å². The standard InChI is InChI=1S/C18H17N3O/c1-2-13-7-9-14(10-8-13)11-20-21-18(22)16-12-19-17-6-4-3-5-15(16)17/h3-12,19H,2H2,1H3,(H,21,22). The monoisotopic (exact) mass is 291 g/mol. The summed E-state index contributed by atoms with van der Waals surface area (Å²) in [5.74, 6) is -0.223. The molecule has 0 fully saturated rings. The second-order valence-corrected chi connectivity index (χ2v) is 5.04. The molecule has 2 aromatic carbocycles. The number of amides is 1. The van der Waals surface area contributed by atoms with E-state index in [0.717, 1.165) is 22.9 Å². The Morgan fingerprint density at radius 3 is 2.73 bits per heavy atom. The minimum absolute atomic E-state index is 0.223. The van der Waals surface area contributed by atoms with Gasteiger partial charge in [-0.3, -0.25) is 4.79 Å². The third-order valence-electron chi connectivity index (χ3n) is 3.60. The van der Waals surface area contributed by atoms with Crippen molar-refractivity contribution in [3.8, 4) is 0 Å².